The number of ether oxygens (including phenoxy) is 2. The lowest BCUT2D eigenvalue weighted by Crippen LogP contribution is -2.25. The first-order chi connectivity index (χ1) is 11.7. The standard InChI is InChI=1S/C20H25NO3/c1-3-7-20(22)21-13-12-16-10-11-18(19(14-16)23-2)24-15-17-8-5-4-6-9-17/h4-6,8-11,14H,3,7,12-13,15H2,1-2H3,(H,21,22). The molecule has 0 fully saturated rings. The van der Waals surface area contributed by atoms with E-state index >= 15 is 0 Å². The number of nitrogens with one attached hydrogen (secondary N) is 1. The van der Waals surface area contributed by atoms with E-state index in [1.807, 2.05) is 55.5 Å². The molecule has 4 nitrogen and oxygen atoms in total. The third-order valence-electron chi connectivity index (χ3n) is 3.68. The van der Waals surface area contributed by atoms with Crippen molar-refractivity contribution in [1.29, 1.82) is 0 Å². The van der Waals surface area contributed by atoms with Crippen LogP contribution >= 0.6 is 0 Å². The summed E-state index contributed by atoms with van der Waals surface area (Å²) in [6.07, 6.45) is 2.22. The highest BCUT2D eigenvalue weighted by Gasteiger charge is 2.07. The number of carbonyl (C=O) groups is 1. The van der Waals surface area contributed by atoms with Gasteiger partial charge in [-0.05, 0) is 36.1 Å². The van der Waals surface area contributed by atoms with Crippen LogP contribution in [0.4, 0.5) is 0 Å². The summed E-state index contributed by atoms with van der Waals surface area (Å²) in [5.74, 6) is 1.54. The highest BCUT2D eigenvalue weighted by Crippen LogP contribution is 2.29. The van der Waals surface area contributed by atoms with Gasteiger partial charge in [-0.15, -0.1) is 0 Å². The average Bonchev–Trinajstić information content (AvgIpc) is 2.61. The van der Waals surface area contributed by atoms with Crippen molar-refractivity contribution < 1.29 is 14.3 Å². The van der Waals surface area contributed by atoms with E-state index in [4.69, 9.17) is 9.47 Å². The van der Waals surface area contributed by atoms with E-state index in [1.54, 1.807) is 7.11 Å². The van der Waals surface area contributed by atoms with E-state index in [1.165, 1.54) is 0 Å². The first kappa shape index (κ1) is 17.9. The molecule has 128 valence electrons. The van der Waals surface area contributed by atoms with Crippen LogP contribution in [0, 0.1) is 0 Å². The molecule has 0 unspecified atom stereocenters. The highest BCUT2D eigenvalue weighted by atomic mass is 16.5. The smallest absolute Gasteiger partial charge is 0.219 e. The molecular formula is C20H25NO3. The molecule has 24 heavy (non-hydrogen) atoms. The van der Waals surface area contributed by atoms with Crippen LogP contribution in [-0.4, -0.2) is 19.6 Å². The molecule has 2 aromatic carbocycles. The summed E-state index contributed by atoms with van der Waals surface area (Å²) in [5.41, 5.74) is 2.22. The fraction of sp³-hybridized carbons (Fsp3) is 0.350. The molecule has 2 rings (SSSR count). The number of hydrogen-bond donors (Lipinski definition) is 1. The zero-order chi connectivity index (χ0) is 17.2. The molecule has 4 heteroatoms. The molecular weight excluding hydrogens is 302 g/mol. The molecule has 0 atom stereocenters. The molecule has 0 spiro atoms. The summed E-state index contributed by atoms with van der Waals surface area (Å²) in [5, 5.41) is 2.92. The van der Waals surface area contributed by atoms with Crippen LogP contribution in [0.15, 0.2) is 48.5 Å². The molecule has 0 aromatic heterocycles. The van der Waals surface area contributed by atoms with E-state index < -0.39 is 0 Å². The predicted molar refractivity (Wildman–Crippen MR) is 95.4 cm³/mol. The van der Waals surface area contributed by atoms with Gasteiger partial charge < -0.3 is 14.8 Å². The van der Waals surface area contributed by atoms with Gasteiger partial charge >= 0.3 is 0 Å². The Morgan fingerprint density at radius 1 is 1.04 bits per heavy atom. The maximum atomic E-state index is 11.5. The van der Waals surface area contributed by atoms with Gasteiger partial charge in [-0.2, -0.15) is 0 Å². The molecule has 0 aliphatic carbocycles. The maximum Gasteiger partial charge on any atom is 0.219 e. The number of carbonyl (C=O) groups excluding carboxylic acids is 1. The summed E-state index contributed by atoms with van der Waals surface area (Å²) in [4.78, 5) is 11.5. The predicted octanol–water partition coefficient (Wildman–Crippen LogP) is 3.73. The van der Waals surface area contributed by atoms with Crippen LogP contribution in [0.1, 0.15) is 30.9 Å². The number of methoxy groups -OCH3 is 1. The van der Waals surface area contributed by atoms with Crippen molar-refractivity contribution in [1.82, 2.24) is 5.32 Å². The number of amides is 1. The van der Waals surface area contributed by atoms with E-state index in [2.05, 4.69) is 5.32 Å². The summed E-state index contributed by atoms with van der Waals surface area (Å²) < 4.78 is 11.3. The first-order valence-corrected chi connectivity index (χ1v) is 8.33. The van der Waals surface area contributed by atoms with Gasteiger partial charge in [-0.1, -0.05) is 43.3 Å². The minimum Gasteiger partial charge on any atom is -0.493 e. The lowest BCUT2D eigenvalue weighted by Gasteiger charge is -2.12. The average molecular weight is 327 g/mol. The van der Waals surface area contributed by atoms with Crippen LogP contribution in [-0.2, 0) is 17.8 Å². The normalized spacial score (nSPS) is 10.2. The molecule has 0 radical (unpaired) electrons. The van der Waals surface area contributed by atoms with Gasteiger partial charge in [-0.25, -0.2) is 0 Å². The Hall–Kier alpha value is -2.49. The zero-order valence-electron chi connectivity index (χ0n) is 14.4. The fourth-order valence-electron chi connectivity index (χ4n) is 2.38. The van der Waals surface area contributed by atoms with Crippen LogP contribution in [0.5, 0.6) is 11.5 Å². The Balaban J connectivity index is 1.91. The zero-order valence-corrected chi connectivity index (χ0v) is 14.4. The van der Waals surface area contributed by atoms with Crippen molar-refractivity contribution in [3.63, 3.8) is 0 Å². The van der Waals surface area contributed by atoms with Gasteiger partial charge in [0.2, 0.25) is 5.91 Å². The molecule has 0 saturated heterocycles. The monoisotopic (exact) mass is 327 g/mol. The van der Waals surface area contributed by atoms with E-state index in [-0.39, 0.29) is 5.91 Å². The Morgan fingerprint density at radius 3 is 2.54 bits per heavy atom. The van der Waals surface area contributed by atoms with E-state index in [0.29, 0.717) is 25.3 Å². The van der Waals surface area contributed by atoms with Gasteiger partial charge in [-0.3, -0.25) is 4.79 Å². The number of rotatable bonds is 9. The Labute approximate surface area is 143 Å². The Kier molecular flexibility index (Phi) is 7.15. The second-order valence-electron chi connectivity index (χ2n) is 5.61. The van der Waals surface area contributed by atoms with Gasteiger partial charge in [0.05, 0.1) is 7.11 Å². The van der Waals surface area contributed by atoms with Gasteiger partial charge in [0.1, 0.15) is 6.61 Å². The van der Waals surface area contributed by atoms with Crippen molar-refractivity contribution in [3.8, 4) is 11.5 Å². The summed E-state index contributed by atoms with van der Waals surface area (Å²) >= 11 is 0. The van der Waals surface area contributed by atoms with Crippen LogP contribution in [0.3, 0.4) is 0 Å². The van der Waals surface area contributed by atoms with Crippen molar-refractivity contribution in [2.24, 2.45) is 0 Å². The molecule has 0 saturated carbocycles. The lowest BCUT2D eigenvalue weighted by molar-refractivity contribution is -0.121. The van der Waals surface area contributed by atoms with Crippen LogP contribution in [0.25, 0.3) is 0 Å². The van der Waals surface area contributed by atoms with Crippen LogP contribution in [0.2, 0.25) is 0 Å². The van der Waals surface area contributed by atoms with Crippen molar-refractivity contribution in [2.45, 2.75) is 32.8 Å². The minimum absolute atomic E-state index is 0.104. The molecule has 0 bridgehead atoms. The van der Waals surface area contributed by atoms with Gasteiger partial charge in [0.15, 0.2) is 11.5 Å². The van der Waals surface area contributed by atoms with E-state index in [0.717, 1.165) is 29.7 Å². The van der Waals surface area contributed by atoms with E-state index in [9.17, 15) is 4.79 Å². The summed E-state index contributed by atoms with van der Waals surface area (Å²) in [6, 6.07) is 15.9. The quantitative estimate of drug-likeness (QED) is 0.763. The Bertz CT molecular complexity index is 641. The molecule has 1 amide bonds. The minimum atomic E-state index is 0.104. The van der Waals surface area contributed by atoms with Gasteiger partial charge in [0, 0.05) is 13.0 Å². The largest absolute Gasteiger partial charge is 0.493 e. The lowest BCUT2D eigenvalue weighted by atomic mass is 10.1. The number of benzene rings is 2. The second kappa shape index (κ2) is 9.60. The fourth-order valence-corrected chi connectivity index (χ4v) is 2.38. The first-order valence-electron chi connectivity index (χ1n) is 8.33. The summed E-state index contributed by atoms with van der Waals surface area (Å²) in [6.45, 7) is 3.13. The topological polar surface area (TPSA) is 47.6 Å². The molecule has 0 heterocycles. The SMILES string of the molecule is CCCC(=O)NCCc1ccc(OCc2ccccc2)c(OC)c1. The van der Waals surface area contributed by atoms with Crippen molar-refractivity contribution in [3.05, 3.63) is 59.7 Å². The summed E-state index contributed by atoms with van der Waals surface area (Å²) in [7, 11) is 1.64. The third kappa shape index (κ3) is 5.61. The Morgan fingerprint density at radius 2 is 1.83 bits per heavy atom. The van der Waals surface area contributed by atoms with Crippen molar-refractivity contribution in [2.75, 3.05) is 13.7 Å². The molecule has 0 aliphatic rings. The number of hydrogen-bond acceptors (Lipinski definition) is 3. The maximum absolute atomic E-state index is 11.5. The third-order valence-corrected chi connectivity index (χ3v) is 3.68. The van der Waals surface area contributed by atoms with Crippen LogP contribution < -0.4 is 14.8 Å². The molecule has 0 aliphatic heterocycles. The molecule has 1 N–H and O–H groups in total. The highest BCUT2D eigenvalue weighted by molar-refractivity contribution is 5.75. The molecule has 2 aromatic rings. The van der Waals surface area contributed by atoms with Gasteiger partial charge in [0.25, 0.3) is 0 Å². The second-order valence-corrected chi connectivity index (χ2v) is 5.61. The van der Waals surface area contributed by atoms with Crippen molar-refractivity contribution >= 4 is 5.91 Å².